The normalized spacial score (nSPS) is 11.0. The monoisotopic (exact) mass is 349 g/mol. The van der Waals surface area contributed by atoms with E-state index in [0.717, 1.165) is 5.56 Å². The van der Waals surface area contributed by atoms with Gasteiger partial charge in [0.05, 0.1) is 29.6 Å². The predicted molar refractivity (Wildman–Crippen MR) is 98.4 cm³/mol. The number of pyridine rings is 1. The molecule has 0 atom stereocenters. The van der Waals surface area contributed by atoms with Gasteiger partial charge in [0.2, 0.25) is 0 Å². The first kappa shape index (κ1) is 16.1. The van der Waals surface area contributed by atoms with Crippen LogP contribution in [0.5, 0.6) is 5.75 Å². The van der Waals surface area contributed by atoms with E-state index in [-0.39, 0.29) is 11.2 Å². The largest absolute Gasteiger partial charge is 0.496 e. The zero-order valence-electron chi connectivity index (χ0n) is 14.3. The van der Waals surface area contributed by atoms with Crippen LogP contribution in [0, 0.1) is 12.7 Å². The van der Waals surface area contributed by atoms with Crippen molar-refractivity contribution in [1.29, 1.82) is 0 Å². The second-order valence-electron chi connectivity index (χ2n) is 5.94. The summed E-state index contributed by atoms with van der Waals surface area (Å²) in [5.41, 5.74) is 3.10. The van der Waals surface area contributed by atoms with Crippen LogP contribution in [-0.4, -0.2) is 21.9 Å². The molecular formula is C20H16FN3O2. The van der Waals surface area contributed by atoms with Crippen molar-refractivity contribution in [2.45, 2.75) is 6.92 Å². The molecule has 4 rings (SSSR count). The molecule has 2 heterocycles. The van der Waals surface area contributed by atoms with E-state index in [9.17, 15) is 9.18 Å². The lowest BCUT2D eigenvalue weighted by Gasteiger charge is -2.09. The maximum Gasteiger partial charge on any atom is 0.193 e. The van der Waals surface area contributed by atoms with E-state index in [0.29, 0.717) is 33.9 Å². The number of nitrogens with zero attached hydrogens (tertiary/aromatic N) is 2. The number of nitrogens with one attached hydrogen (secondary N) is 1. The Morgan fingerprint density at radius 1 is 1.12 bits per heavy atom. The van der Waals surface area contributed by atoms with Gasteiger partial charge >= 0.3 is 0 Å². The molecule has 6 heteroatoms. The summed E-state index contributed by atoms with van der Waals surface area (Å²) >= 11 is 0. The Balaban J connectivity index is 2.00. The first-order valence-electron chi connectivity index (χ1n) is 8.10. The number of hydrogen-bond acceptors (Lipinski definition) is 3. The van der Waals surface area contributed by atoms with Gasteiger partial charge in [-0.05, 0) is 43.3 Å². The third-order valence-corrected chi connectivity index (χ3v) is 4.30. The van der Waals surface area contributed by atoms with Gasteiger partial charge < -0.3 is 9.72 Å². The van der Waals surface area contributed by atoms with Gasteiger partial charge in [-0.25, -0.2) is 9.07 Å². The minimum Gasteiger partial charge on any atom is -0.496 e. The summed E-state index contributed by atoms with van der Waals surface area (Å²) in [6.45, 7) is 1.78. The molecule has 0 saturated heterocycles. The van der Waals surface area contributed by atoms with E-state index in [1.165, 1.54) is 12.1 Å². The van der Waals surface area contributed by atoms with Crippen LogP contribution in [-0.2, 0) is 0 Å². The summed E-state index contributed by atoms with van der Waals surface area (Å²) in [5, 5.41) is 4.97. The van der Waals surface area contributed by atoms with Crippen LogP contribution in [0.2, 0.25) is 0 Å². The van der Waals surface area contributed by atoms with Crippen molar-refractivity contribution in [3.05, 3.63) is 76.3 Å². The Hall–Kier alpha value is -3.41. The van der Waals surface area contributed by atoms with E-state index >= 15 is 0 Å². The fraction of sp³-hybridized carbons (Fsp3) is 0.100. The number of fused-ring (bicyclic) bond motifs is 1. The molecule has 2 aromatic carbocycles. The molecule has 26 heavy (non-hydrogen) atoms. The van der Waals surface area contributed by atoms with Crippen molar-refractivity contribution >= 4 is 11.0 Å². The number of aromatic amines is 1. The molecular weight excluding hydrogens is 333 g/mol. The van der Waals surface area contributed by atoms with Gasteiger partial charge in [0.15, 0.2) is 5.43 Å². The van der Waals surface area contributed by atoms with Gasteiger partial charge in [0.25, 0.3) is 0 Å². The van der Waals surface area contributed by atoms with E-state index in [2.05, 4.69) is 10.1 Å². The lowest BCUT2D eigenvalue weighted by molar-refractivity contribution is 0.416. The molecule has 1 N–H and O–H groups in total. The van der Waals surface area contributed by atoms with Crippen molar-refractivity contribution in [3.63, 3.8) is 0 Å². The molecule has 0 bridgehead atoms. The molecule has 5 nitrogen and oxygen atoms in total. The van der Waals surface area contributed by atoms with E-state index < -0.39 is 0 Å². The number of hydrogen-bond donors (Lipinski definition) is 1. The fourth-order valence-corrected chi connectivity index (χ4v) is 3.09. The molecule has 0 radical (unpaired) electrons. The molecule has 0 aliphatic heterocycles. The Bertz CT molecular complexity index is 1160. The summed E-state index contributed by atoms with van der Waals surface area (Å²) in [4.78, 5) is 16.0. The molecule has 4 aromatic rings. The molecule has 0 saturated carbocycles. The Kier molecular flexibility index (Phi) is 3.80. The summed E-state index contributed by atoms with van der Waals surface area (Å²) in [7, 11) is 1.59. The molecule has 130 valence electrons. The number of methoxy groups -OCH3 is 1. The summed E-state index contributed by atoms with van der Waals surface area (Å²) < 4.78 is 20.3. The van der Waals surface area contributed by atoms with Crippen molar-refractivity contribution in [1.82, 2.24) is 14.8 Å². The summed E-state index contributed by atoms with van der Waals surface area (Å²) in [6.07, 6.45) is 0. The van der Waals surface area contributed by atoms with Gasteiger partial charge in [0, 0.05) is 11.6 Å². The Morgan fingerprint density at radius 3 is 2.58 bits per heavy atom. The maximum absolute atomic E-state index is 13.3. The van der Waals surface area contributed by atoms with E-state index in [1.54, 1.807) is 36.9 Å². The number of benzene rings is 2. The average Bonchev–Trinajstić information content (AvgIpc) is 2.99. The predicted octanol–water partition coefficient (Wildman–Crippen LogP) is 3.84. The second kappa shape index (κ2) is 6.15. The van der Waals surface area contributed by atoms with Crippen LogP contribution < -0.4 is 10.2 Å². The molecule has 0 aliphatic carbocycles. The molecule has 0 aliphatic rings. The van der Waals surface area contributed by atoms with Crippen LogP contribution in [0.1, 0.15) is 5.69 Å². The highest BCUT2D eigenvalue weighted by Gasteiger charge is 2.16. The second-order valence-corrected chi connectivity index (χ2v) is 5.94. The Morgan fingerprint density at radius 2 is 1.85 bits per heavy atom. The molecule has 2 aromatic heterocycles. The molecule has 0 spiro atoms. The van der Waals surface area contributed by atoms with Crippen molar-refractivity contribution < 1.29 is 9.13 Å². The van der Waals surface area contributed by atoms with Crippen LogP contribution in [0.15, 0.2) is 59.4 Å². The highest BCUT2D eigenvalue weighted by Crippen LogP contribution is 2.29. The van der Waals surface area contributed by atoms with Crippen LogP contribution in [0.25, 0.3) is 28.0 Å². The zero-order valence-corrected chi connectivity index (χ0v) is 14.3. The number of ether oxygens (including phenoxy) is 1. The summed E-state index contributed by atoms with van der Waals surface area (Å²) in [5.74, 6) is 0.331. The van der Waals surface area contributed by atoms with Gasteiger partial charge in [0.1, 0.15) is 17.2 Å². The molecule has 0 amide bonds. The van der Waals surface area contributed by atoms with Gasteiger partial charge in [-0.2, -0.15) is 5.10 Å². The van der Waals surface area contributed by atoms with E-state index in [1.807, 2.05) is 24.3 Å². The number of aryl methyl sites for hydroxylation is 1. The van der Waals surface area contributed by atoms with E-state index in [4.69, 9.17) is 4.74 Å². The minimum absolute atomic E-state index is 0.134. The topological polar surface area (TPSA) is 59.9 Å². The third-order valence-electron chi connectivity index (χ3n) is 4.30. The highest BCUT2D eigenvalue weighted by atomic mass is 19.1. The Labute approximate surface area is 148 Å². The number of rotatable bonds is 3. The van der Waals surface area contributed by atoms with Crippen LogP contribution in [0.3, 0.4) is 0 Å². The smallest absolute Gasteiger partial charge is 0.193 e. The quantitative estimate of drug-likeness (QED) is 0.611. The van der Waals surface area contributed by atoms with Crippen LogP contribution >= 0.6 is 0 Å². The number of halogens is 1. The number of para-hydroxylation sites is 1. The van der Waals surface area contributed by atoms with Gasteiger partial charge in [-0.1, -0.05) is 12.1 Å². The average molecular weight is 349 g/mol. The number of H-pyrrole nitrogens is 1. The lowest BCUT2D eigenvalue weighted by atomic mass is 10.1. The lowest BCUT2D eigenvalue weighted by Crippen LogP contribution is -2.05. The third kappa shape index (κ3) is 2.56. The fourth-order valence-electron chi connectivity index (χ4n) is 3.09. The standard InChI is InChI=1S/C20H16FN3O2/c1-12-19-17(25)11-16(15-5-3-4-6-18(15)26-2)22-20(19)24(23-12)14-9-7-13(21)8-10-14/h3-11H,1-2H3,(H,22,25). The van der Waals surface area contributed by atoms with Gasteiger partial charge in [-0.3, -0.25) is 4.79 Å². The van der Waals surface area contributed by atoms with Crippen LogP contribution in [0.4, 0.5) is 4.39 Å². The highest BCUT2D eigenvalue weighted by molar-refractivity contribution is 5.83. The maximum atomic E-state index is 13.3. The molecule has 0 unspecified atom stereocenters. The minimum atomic E-state index is -0.329. The SMILES string of the molecule is COc1ccccc1-c1cc(=O)c2c(C)nn(-c3ccc(F)cc3)c2[nH]1. The van der Waals surface area contributed by atoms with Gasteiger partial charge in [-0.15, -0.1) is 0 Å². The van der Waals surface area contributed by atoms with Crippen molar-refractivity contribution in [2.75, 3.05) is 7.11 Å². The van der Waals surface area contributed by atoms with Crippen molar-refractivity contribution in [3.8, 4) is 22.7 Å². The molecule has 0 fully saturated rings. The number of aromatic nitrogens is 3. The first-order valence-corrected chi connectivity index (χ1v) is 8.10. The first-order chi connectivity index (χ1) is 12.6. The summed E-state index contributed by atoms with van der Waals surface area (Å²) in [6, 6.07) is 15.0. The van der Waals surface area contributed by atoms with Crippen molar-refractivity contribution in [2.24, 2.45) is 0 Å². The zero-order chi connectivity index (χ0) is 18.3.